The van der Waals surface area contributed by atoms with E-state index in [0.717, 1.165) is 16.7 Å². The van der Waals surface area contributed by atoms with Crippen molar-refractivity contribution in [2.75, 3.05) is 7.05 Å². The molecular weight excluding hydrogens is 344 g/mol. The Morgan fingerprint density at radius 2 is 1.85 bits per heavy atom. The van der Waals surface area contributed by atoms with Crippen LogP contribution in [0.2, 0.25) is 0 Å². The van der Waals surface area contributed by atoms with Gasteiger partial charge in [-0.05, 0) is 19.9 Å². The molecule has 0 aliphatic rings. The van der Waals surface area contributed by atoms with Gasteiger partial charge in [0.25, 0.3) is 0 Å². The molecule has 4 N–H and O–H groups in total. The smallest absolute Gasteiger partial charge is 0.289 e. The van der Waals surface area contributed by atoms with Gasteiger partial charge in [-0.2, -0.15) is 5.10 Å². The third-order valence-electron chi connectivity index (χ3n) is 3.59. The summed E-state index contributed by atoms with van der Waals surface area (Å²) in [5, 5.41) is 6.16. The largest absolute Gasteiger partial charge is 0.340 e. The number of hydrazine groups is 1. The number of amidine groups is 1. The number of H-pyrrole nitrogens is 2. The minimum Gasteiger partial charge on any atom is -0.289 e. The summed E-state index contributed by atoms with van der Waals surface area (Å²) in [6.45, 7) is 4.01. The fraction of sp³-hybridized carbons (Fsp3) is 0.158. The molecule has 0 atom stereocenters. The van der Waals surface area contributed by atoms with Gasteiger partial charge in [-0.25, -0.2) is 9.89 Å². The third-order valence-corrected chi connectivity index (χ3v) is 3.59. The Hall–Kier alpha value is -3.68. The summed E-state index contributed by atoms with van der Waals surface area (Å²) in [6, 6.07) is 15.7. The van der Waals surface area contributed by atoms with Crippen LogP contribution in [0.5, 0.6) is 0 Å². The normalized spacial score (nSPS) is 10.6. The number of hydrogen-bond donors (Lipinski definition) is 4. The van der Waals surface area contributed by atoms with Gasteiger partial charge < -0.3 is 0 Å². The number of nitrogens with zero attached hydrogens (tertiary/aromatic N) is 2. The summed E-state index contributed by atoms with van der Waals surface area (Å²) in [7, 11) is 1.66. The van der Waals surface area contributed by atoms with Crippen molar-refractivity contribution in [1.29, 1.82) is 0 Å². The van der Waals surface area contributed by atoms with Crippen LogP contribution < -0.4 is 16.5 Å². The Labute approximate surface area is 156 Å². The average molecular weight is 366 g/mol. The Bertz CT molecular complexity index is 957. The number of carbonyl (C=O) groups excluding carboxylic acids is 1. The fourth-order valence-corrected chi connectivity index (χ4v) is 2.27. The molecule has 27 heavy (non-hydrogen) atoms. The Morgan fingerprint density at radius 1 is 1.11 bits per heavy atom. The second kappa shape index (κ2) is 9.71. The van der Waals surface area contributed by atoms with Crippen molar-refractivity contribution in [3.05, 3.63) is 75.7 Å². The van der Waals surface area contributed by atoms with Crippen LogP contribution in [0, 0.1) is 13.8 Å². The lowest BCUT2D eigenvalue weighted by Crippen LogP contribution is -2.36. The molecule has 1 heterocycles. The first kappa shape index (κ1) is 19.6. The van der Waals surface area contributed by atoms with E-state index in [1.54, 1.807) is 7.05 Å². The maximum atomic E-state index is 10.8. The quantitative estimate of drug-likeness (QED) is 0.243. The highest BCUT2D eigenvalue weighted by Gasteiger charge is 2.01. The van der Waals surface area contributed by atoms with Crippen LogP contribution in [0.15, 0.2) is 58.3 Å². The van der Waals surface area contributed by atoms with Gasteiger partial charge in [0.05, 0.1) is 0 Å². The fourth-order valence-electron chi connectivity index (χ4n) is 2.27. The van der Waals surface area contributed by atoms with Gasteiger partial charge in [-0.1, -0.05) is 53.6 Å². The predicted molar refractivity (Wildman–Crippen MR) is 105 cm³/mol. The van der Waals surface area contributed by atoms with E-state index in [-0.39, 0.29) is 5.69 Å². The Morgan fingerprint density at radius 3 is 2.41 bits per heavy atom. The van der Waals surface area contributed by atoms with Crippen LogP contribution in [0.3, 0.4) is 0 Å². The number of aliphatic imine (C=N–C) groups is 1. The van der Waals surface area contributed by atoms with Crippen LogP contribution in [0.1, 0.15) is 16.7 Å². The summed E-state index contributed by atoms with van der Waals surface area (Å²) < 4.78 is 0. The minimum atomic E-state index is -0.281. The molecule has 0 fully saturated rings. The number of carbonyl (C=O) groups is 1. The zero-order valence-corrected chi connectivity index (χ0v) is 15.4. The van der Waals surface area contributed by atoms with E-state index in [2.05, 4.69) is 31.0 Å². The highest BCUT2D eigenvalue weighted by Crippen LogP contribution is 2.13. The number of benzene rings is 2. The van der Waals surface area contributed by atoms with Crippen molar-refractivity contribution in [1.82, 2.24) is 26.0 Å². The second-order valence-electron chi connectivity index (χ2n) is 5.72. The molecule has 1 aromatic heterocycles. The minimum absolute atomic E-state index is 0.281. The number of nitrogens with one attached hydrogen (secondary N) is 4. The molecule has 140 valence electrons. The standard InChI is InChI=1S/C10H13N3O.C9H9N3O/c1-8-3-5-9(6-4-8)10(11-2)13-12-7-14;1-6-3-2-4-7(5-6)8-10-9(13)12-11-8/h3-7H,1-2H3,(H,11,13)(H,12,14);2-5H,1H3,(H2,10,11,12,13). The van der Waals surface area contributed by atoms with Gasteiger partial charge >= 0.3 is 5.69 Å². The van der Waals surface area contributed by atoms with E-state index in [1.165, 1.54) is 5.56 Å². The SMILES string of the molecule is CN=C(NNC=O)c1ccc(C)cc1.Cc1cccc(-c2n[nH]c(=O)[nH]2)c1. The lowest BCUT2D eigenvalue weighted by Gasteiger charge is -2.07. The van der Waals surface area contributed by atoms with Crippen molar-refractivity contribution in [3.63, 3.8) is 0 Å². The summed E-state index contributed by atoms with van der Waals surface area (Å²) in [6.07, 6.45) is 0.569. The van der Waals surface area contributed by atoms with Gasteiger partial charge in [0, 0.05) is 18.2 Å². The molecule has 0 spiro atoms. The van der Waals surface area contributed by atoms with Crippen molar-refractivity contribution in [2.45, 2.75) is 13.8 Å². The number of aromatic amines is 2. The average Bonchev–Trinajstić information content (AvgIpc) is 3.11. The molecule has 3 rings (SSSR count). The topological polar surface area (TPSA) is 115 Å². The maximum Gasteiger partial charge on any atom is 0.340 e. The van der Waals surface area contributed by atoms with E-state index >= 15 is 0 Å². The first-order valence-corrected chi connectivity index (χ1v) is 8.24. The van der Waals surface area contributed by atoms with Crippen molar-refractivity contribution in [2.24, 2.45) is 4.99 Å². The third kappa shape index (κ3) is 5.96. The molecule has 0 aliphatic carbocycles. The lowest BCUT2D eigenvalue weighted by molar-refractivity contribution is -0.110. The van der Waals surface area contributed by atoms with Gasteiger partial charge in [-0.3, -0.25) is 25.6 Å². The number of hydrogen-bond acceptors (Lipinski definition) is 4. The van der Waals surface area contributed by atoms with Crippen LogP contribution in [0.25, 0.3) is 11.4 Å². The van der Waals surface area contributed by atoms with Crippen LogP contribution in [-0.4, -0.2) is 34.5 Å². The van der Waals surface area contributed by atoms with Gasteiger partial charge in [0.15, 0.2) is 5.82 Å². The number of rotatable bonds is 4. The molecule has 3 aromatic rings. The Kier molecular flexibility index (Phi) is 7.07. The van der Waals surface area contributed by atoms with E-state index in [4.69, 9.17) is 0 Å². The van der Waals surface area contributed by atoms with Crippen molar-refractivity contribution >= 4 is 12.2 Å². The first-order chi connectivity index (χ1) is 13.0. The second-order valence-corrected chi connectivity index (χ2v) is 5.72. The number of aryl methyl sites for hydroxylation is 2. The molecule has 0 aliphatic heterocycles. The highest BCUT2D eigenvalue weighted by molar-refractivity contribution is 5.98. The van der Waals surface area contributed by atoms with Crippen molar-refractivity contribution < 1.29 is 4.79 Å². The zero-order valence-electron chi connectivity index (χ0n) is 15.4. The van der Waals surface area contributed by atoms with Crippen LogP contribution in [0.4, 0.5) is 0 Å². The first-order valence-electron chi connectivity index (χ1n) is 8.24. The molecule has 2 aromatic carbocycles. The van der Waals surface area contributed by atoms with Gasteiger partial charge in [0.1, 0.15) is 5.84 Å². The van der Waals surface area contributed by atoms with Gasteiger partial charge in [0.2, 0.25) is 6.41 Å². The molecule has 0 bridgehead atoms. The van der Waals surface area contributed by atoms with Crippen molar-refractivity contribution in [3.8, 4) is 11.4 Å². The van der Waals surface area contributed by atoms with E-state index < -0.39 is 0 Å². The molecule has 0 radical (unpaired) electrons. The molecule has 8 heteroatoms. The molecule has 8 nitrogen and oxygen atoms in total. The molecule has 0 saturated heterocycles. The summed E-state index contributed by atoms with van der Waals surface area (Å²) in [4.78, 5) is 27.5. The number of amides is 1. The van der Waals surface area contributed by atoms with E-state index in [9.17, 15) is 9.59 Å². The number of aromatic nitrogens is 3. The molecular formula is C19H22N6O2. The summed E-state index contributed by atoms with van der Waals surface area (Å²) in [5.74, 6) is 1.21. The Balaban J connectivity index is 0.000000194. The summed E-state index contributed by atoms with van der Waals surface area (Å²) in [5.41, 5.74) is 8.94. The zero-order chi connectivity index (χ0) is 19.6. The molecule has 1 amide bonds. The van der Waals surface area contributed by atoms with E-state index in [1.807, 2.05) is 62.4 Å². The predicted octanol–water partition coefficient (Wildman–Crippen LogP) is 1.70. The van der Waals surface area contributed by atoms with E-state index in [0.29, 0.717) is 18.1 Å². The highest BCUT2D eigenvalue weighted by atomic mass is 16.1. The molecule has 0 saturated carbocycles. The van der Waals surface area contributed by atoms with Gasteiger partial charge in [-0.15, -0.1) is 0 Å². The van der Waals surface area contributed by atoms with Crippen LogP contribution in [-0.2, 0) is 4.79 Å². The monoisotopic (exact) mass is 366 g/mol. The lowest BCUT2D eigenvalue weighted by atomic mass is 10.1. The van der Waals surface area contributed by atoms with Crippen LogP contribution >= 0.6 is 0 Å². The summed E-state index contributed by atoms with van der Waals surface area (Å²) >= 11 is 0. The molecule has 0 unspecified atom stereocenters. The maximum absolute atomic E-state index is 10.8.